The molecule has 0 aliphatic rings. The topological polar surface area (TPSA) is 59.3 Å². The molecule has 2 aromatic rings. The number of benzene rings is 2. The lowest BCUT2D eigenvalue weighted by Crippen LogP contribution is -2.26. The van der Waals surface area contributed by atoms with E-state index in [9.17, 15) is 9.18 Å². The molecule has 4 nitrogen and oxygen atoms in total. The summed E-state index contributed by atoms with van der Waals surface area (Å²) in [6, 6.07) is 12.5. The van der Waals surface area contributed by atoms with Gasteiger partial charge in [-0.3, -0.25) is 0 Å². The van der Waals surface area contributed by atoms with Crippen molar-refractivity contribution < 1.29 is 18.7 Å². The zero-order chi connectivity index (χ0) is 16.8. The Morgan fingerprint density at radius 3 is 2.61 bits per heavy atom. The van der Waals surface area contributed by atoms with Crippen molar-refractivity contribution in [2.75, 3.05) is 0 Å². The second-order valence-corrected chi connectivity index (χ2v) is 5.11. The van der Waals surface area contributed by atoms with Crippen molar-refractivity contribution in [1.29, 1.82) is 5.26 Å². The number of carbonyl (C=O) groups is 1. The van der Waals surface area contributed by atoms with Gasteiger partial charge in [-0.1, -0.05) is 17.7 Å². The van der Waals surface area contributed by atoms with E-state index in [1.165, 1.54) is 25.1 Å². The Balaban J connectivity index is 1.93. The van der Waals surface area contributed by atoms with Crippen LogP contribution in [-0.4, -0.2) is 12.1 Å². The minimum Gasteiger partial charge on any atom is -0.479 e. The van der Waals surface area contributed by atoms with Gasteiger partial charge < -0.3 is 9.47 Å². The van der Waals surface area contributed by atoms with Crippen LogP contribution in [0.2, 0.25) is 5.02 Å². The predicted molar refractivity (Wildman–Crippen MR) is 82.5 cm³/mol. The Hall–Kier alpha value is -2.58. The molecule has 6 heteroatoms. The summed E-state index contributed by atoms with van der Waals surface area (Å²) in [5.41, 5.74) is 0.606. The van der Waals surface area contributed by atoms with Crippen LogP contribution in [0.1, 0.15) is 18.1 Å². The molecule has 0 aromatic heterocycles. The highest BCUT2D eigenvalue weighted by atomic mass is 35.5. The van der Waals surface area contributed by atoms with Gasteiger partial charge in [-0.2, -0.15) is 5.26 Å². The number of ether oxygens (including phenoxy) is 2. The standard InChI is InChI=1S/C17H13ClFNO3/c1-11(23-13-7-5-12(9-20)6-8-13)17(21)22-10-14-15(18)3-2-4-16(14)19/h2-8,11H,10H2,1H3/t11-/m1/s1. The average molecular weight is 334 g/mol. The number of hydrogen-bond acceptors (Lipinski definition) is 4. The maximum Gasteiger partial charge on any atom is 0.347 e. The van der Waals surface area contributed by atoms with Gasteiger partial charge in [-0.25, -0.2) is 9.18 Å². The lowest BCUT2D eigenvalue weighted by Gasteiger charge is -2.14. The summed E-state index contributed by atoms with van der Waals surface area (Å²) in [6.07, 6.45) is -0.881. The van der Waals surface area contributed by atoms with Gasteiger partial charge in [-0.15, -0.1) is 0 Å². The van der Waals surface area contributed by atoms with Gasteiger partial charge in [-0.05, 0) is 43.3 Å². The molecule has 2 aromatic carbocycles. The van der Waals surface area contributed by atoms with Crippen LogP contribution in [0, 0.1) is 17.1 Å². The first kappa shape index (κ1) is 16.8. The van der Waals surface area contributed by atoms with Crippen molar-refractivity contribution >= 4 is 17.6 Å². The van der Waals surface area contributed by atoms with Crippen molar-refractivity contribution in [3.63, 3.8) is 0 Å². The van der Waals surface area contributed by atoms with E-state index in [4.69, 9.17) is 26.3 Å². The van der Waals surface area contributed by atoms with Crippen LogP contribution in [0.4, 0.5) is 4.39 Å². The minimum atomic E-state index is -0.881. The highest BCUT2D eigenvalue weighted by Crippen LogP contribution is 2.20. The summed E-state index contributed by atoms with van der Waals surface area (Å²) in [7, 11) is 0. The molecule has 0 saturated carbocycles. The van der Waals surface area contributed by atoms with E-state index in [0.29, 0.717) is 11.3 Å². The summed E-state index contributed by atoms with van der Waals surface area (Å²) in [5.74, 6) is -0.753. The van der Waals surface area contributed by atoms with Gasteiger partial charge in [0.05, 0.1) is 16.7 Å². The molecule has 0 saturated heterocycles. The van der Waals surface area contributed by atoms with Gasteiger partial charge in [0.15, 0.2) is 6.10 Å². The molecule has 0 aliphatic carbocycles. The number of esters is 1. The van der Waals surface area contributed by atoms with Crippen LogP contribution in [0.15, 0.2) is 42.5 Å². The molecule has 0 radical (unpaired) electrons. The number of hydrogen-bond donors (Lipinski definition) is 0. The molecule has 0 N–H and O–H groups in total. The Bertz CT molecular complexity index is 720. The molecule has 0 amide bonds. The zero-order valence-electron chi connectivity index (χ0n) is 12.3. The second kappa shape index (κ2) is 7.61. The molecule has 118 valence electrons. The number of rotatable bonds is 5. The monoisotopic (exact) mass is 333 g/mol. The fourth-order valence-electron chi connectivity index (χ4n) is 1.79. The molecule has 23 heavy (non-hydrogen) atoms. The van der Waals surface area contributed by atoms with Crippen molar-refractivity contribution in [2.24, 2.45) is 0 Å². The van der Waals surface area contributed by atoms with Gasteiger partial charge in [0.25, 0.3) is 0 Å². The van der Waals surface area contributed by atoms with Crippen LogP contribution in [-0.2, 0) is 16.1 Å². The first-order valence-electron chi connectivity index (χ1n) is 6.77. The Labute approximate surface area is 138 Å². The molecule has 1 atom stereocenters. The number of nitrogens with zero attached hydrogens (tertiary/aromatic N) is 1. The molecule has 0 bridgehead atoms. The van der Waals surface area contributed by atoms with Crippen LogP contribution in [0.5, 0.6) is 5.75 Å². The van der Waals surface area contributed by atoms with Crippen molar-refractivity contribution in [3.8, 4) is 11.8 Å². The third-order valence-electron chi connectivity index (χ3n) is 3.05. The van der Waals surface area contributed by atoms with Crippen LogP contribution in [0.25, 0.3) is 0 Å². The SMILES string of the molecule is C[C@@H](Oc1ccc(C#N)cc1)C(=O)OCc1c(F)cccc1Cl. The van der Waals surface area contributed by atoms with Crippen molar-refractivity contribution in [3.05, 3.63) is 64.4 Å². The van der Waals surface area contributed by atoms with Gasteiger partial charge in [0.2, 0.25) is 0 Å². The average Bonchev–Trinajstić information content (AvgIpc) is 2.54. The highest BCUT2D eigenvalue weighted by molar-refractivity contribution is 6.31. The Kier molecular flexibility index (Phi) is 5.56. The smallest absolute Gasteiger partial charge is 0.347 e. The van der Waals surface area contributed by atoms with E-state index in [2.05, 4.69) is 0 Å². The van der Waals surface area contributed by atoms with E-state index < -0.39 is 17.9 Å². The summed E-state index contributed by atoms with van der Waals surface area (Å²) >= 11 is 5.86. The lowest BCUT2D eigenvalue weighted by atomic mass is 10.2. The fourth-order valence-corrected chi connectivity index (χ4v) is 2.01. The van der Waals surface area contributed by atoms with E-state index in [-0.39, 0.29) is 17.2 Å². The molecule has 0 fully saturated rings. The van der Waals surface area contributed by atoms with E-state index >= 15 is 0 Å². The summed E-state index contributed by atoms with van der Waals surface area (Å²) in [6.45, 7) is 1.24. The first-order valence-corrected chi connectivity index (χ1v) is 7.15. The molecule has 2 rings (SSSR count). The molecule has 0 unspecified atom stereocenters. The molecular weight excluding hydrogens is 321 g/mol. The normalized spacial score (nSPS) is 11.4. The van der Waals surface area contributed by atoms with Crippen LogP contribution in [0.3, 0.4) is 0 Å². The zero-order valence-corrected chi connectivity index (χ0v) is 13.0. The predicted octanol–water partition coefficient (Wildman–Crippen LogP) is 3.86. The van der Waals surface area contributed by atoms with Crippen LogP contribution >= 0.6 is 11.6 Å². The minimum absolute atomic E-state index is 0.119. The summed E-state index contributed by atoms with van der Waals surface area (Å²) < 4.78 is 24.0. The van der Waals surface area contributed by atoms with Gasteiger partial charge in [0, 0.05) is 5.56 Å². The third kappa shape index (κ3) is 4.44. The lowest BCUT2D eigenvalue weighted by molar-refractivity contribution is -0.152. The summed E-state index contributed by atoms with van der Waals surface area (Å²) in [5, 5.41) is 8.91. The fraction of sp³-hybridized carbons (Fsp3) is 0.176. The Morgan fingerprint density at radius 2 is 2.00 bits per heavy atom. The second-order valence-electron chi connectivity index (χ2n) is 4.70. The quantitative estimate of drug-likeness (QED) is 0.779. The molecule has 0 heterocycles. The first-order chi connectivity index (χ1) is 11.0. The third-order valence-corrected chi connectivity index (χ3v) is 3.40. The maximum atomic E-state index is 13.6. The van der Waals surface area contributed by atoms with Gasteiger partial charge >= 0.3 is 5.97 Å². The summed E-state index contributed by atoms with van der Waals surface area (Å²) in [4.78, 5) is 11.9. The molecule has 0 aliphatic heterocycles. The molecule has 0 spiro atoms. The largest absolute Gasteiger partial charge is 0.479 e. The highest BCUT2D eigenvalue weighted by Gasteiger charge is 2.18. The number of nitriles is 1. The van der Waals surface area contributed by atoms with E-state index in [1.807, 2.05) is 6.07 Å². The van der Waals surface area contributed by atoms with Crippen LogP contribution < -0.4 is 4.74 Å². The number of carbonyl (C=O) groups excluding carboxylic acids is 1. The van der Waals surface area contributed by atoms with Crippen molar-refractivity contribution in [2.45, 2.75) is 19.6 Å². The van der Waals surface area contributed by atoms with E-state index in [1.54, 1.807) is 24.3 Å². The maximum absolute atomic E-state index is 13.6. The van der Waals surface area contributed by atoms with E-state index in [0.717, 1.165) is 0 Å². The Morgan fingerprint density at radius 1 is 1.30 bits per heavy atom. The van der Waals surface area contributed by atoms with Crippen molar-refractivity contribution in [1.82, 2.24) is 0 Å². The number of halogens is 2. The molecular formula is C17H13ClFNO3. The van der Waals surface area contributed by atoms with Gasteiger partial charge in [0.1, 0.15) is 18.2 Å².